The van der Waals surface area contributed by atoms with Gasteiger partial charge in [0, 0.05) is 6.07 Å². The number of ether oxygens (including phenoxy) is 2. The van der Waals surface area contributed by atoms with Gasteiger partial charge >= 0.3 is 0 Å². The van der Waals surface area contributed by atoms with Crippen molar-refractivity contribution in [1.82, 2.24) is 15.4 Å². The number of hydrogen-bond donors (Lipinski definition) is 2. The molecule has 0 fully saturated rings. The molecule has 112 valence electrons. The molecule has 1 aromatic carbocycles. The molecule has 2 aromatic rings. The SMILES string of the molecule is COc1cc(OC)c(NC(=O)CSc2cn[nH]n2)cc1Cl. The van der Waals surface area contributed by atoms with Crippen molar-refractivity contribution in [1.29, 1.82) is 0 Å². The molecule has 9 heteroatoms. The number of rotatable bonds is 6. The minimum absolute atomic E-state index is 0.194. The zero-order valence-electron chi connectivity index (χ0n) is 11.3. The first-order valence-corrected chi connectivity index (χ1v) is 7.20. The molecule has 0 bridgehead atoms. The Kier molecular flexibility index (Phi) is 5.29. The van der Waals surface area contributed by atoms with E-state index in [0.717, 1.165) is 0 Å². The fourth-order valence-electron chi connectivity index (χ4n) is 1.54. The van der Waals surface area contributed by atoms with E-state index in [1.54, 1.807) is 18.3 Å². The predicted molar refractivity (Wildman–Crippen MR) is 80.3 cm³/mol. The number of nitrogens with one attached hydrogen (secondary N) is 2. The van der Waals surface area contributed by atoms with Crippen LogP contribution in [0.3, 0.4) is 0 Å². The molecule has 21 heavy (non-hydrogen) atoms. The Morgan fingerprint density at radius 2 is 2.14 bits per heavy atom. The molecular formula is C12H13ClN4O3S. The smallest absolute Gasteiger partial charge is 0.234 e. The van der Waals surface area contributed by atoms with E-state index in [9.17, 15) is 4.79 Å². The number of methoxy groups -OCH3 is 2. The third-order valence-corrected chi connectivity index (χ3v) is 3.69. The topological polar surface area (TPSA) is 89.1 Å². The molecule has 0 saturated carbocycles. The Morgan fingerprint density at radius 1 is 1.38 bits per heavy atom. The van der Waals surface area contributed by atoms with Crippen LogP contribution in [0.5, 0.6) is 11.5 Å². The zero-order valence-corrected chi connectivity index (χ0v) is 12.9. The van der Waals surface area contributed by atoms with Crippen molar-refractivity contribution < 1.29 is 14.3 Å². The van der Waals surface area contributed by atoms with Crippen molar-refractivity contribution in [3.8, 4) is 11.5 Å². The van der Waals surface area contributed by atoms with Gasteiger partial charge in [-0.3, -0.25) is 4.79 Å². The zero-order chi connectivity index (χ0) is 15.2. The number of carbonyl (C=O) groups excluding carboxylic acids is 1. The van der Waals surface area contributed by atoms with Crippen LogP contribution in [-0.2, 0) is 4.79 Å². The van der Waals surface area contributed by atoms with E-state index in [-0.39, 0.29) is 11.7 Å². The minimum atomic E-state index is -0.206. The first-order chi connectivity index (χ1) is 10.1. The summed E-state index contributed by atoms with van der Waals surface area (Å²) in [7, 11) is 3.01. The molecule has 1 heterocycles. The quantitative estimate of drug-likeness (QED) is 0.790. The maximum absolute atomic E-state index is 11.9. The molecule has 2 N–H and O–H groups in total. The normalized spacial score (nSPS) is 10.2. The summed E-state index contributed by atoms with van der Waals surface area (Å²) in [6.07, 6.45) is 1.54. The molecule has 7 nitrogen and oxygen atoms in total. The van der Waals surface area contributed by atoms with E-state index in [2.05, 4.69) is 20.7 Å². The second-order valence-corrected chi connectivity index (χ2v) is 5.23. The molecule has 0 saturated heterocycles. The number of anilines is 1. The second-order valence-electron chi connectivity index (χ2n) is 3.83. The molecule has 0 aliphatic rings. The highest BCUT2D eigenvalue weighted by atomic mass is 35.5. The third-order valence-electron chi connectivity index (χ3n) is 2.49. The first-order valence-electron chi connectivity index (χ1n) is 5.84. The van der Waals surface area contributed by atoms with Gasteiger partial charge in [-0.25, -0.2) is 0 Å². The molecule has 2 rings (SSSR count). The van der Waals surface area contributed by atoms with Crippen LogP contribution < -0.4 is 14.8 Å². The third kappa shape index (κ3) is 4.02. The summed E-state index contributed by atoms with van der Waals surface area (Å²) in [6.45, 7) is 0. The van der Waals surface area contributed by atoms with Gasteiger partial charge in [-0.05, 0) is 6.07 Å². The van der Waals surface area contributed by atoms with Crippen LogP contribution in [0.15, 0.2) is 23.4 Å². The summed E-state index contributed by atoms with van der Waals surface area (Å²) in [5.74, 6) is 0.932. The molecule has 0 spiro atoms. The van der Waals surface area contributed by atoms with Crippen LogP contribution >= 0.6 is 23.4 Å². The van der Waals surface area contributed by atoms with Crippen molar-refractivity contribution in [2.75, 3.05) is 25.3 Å². The Balaban J connectivity index is 2.04. The Bertz CT molecular complexity index is 621. The molecule has 0 radical (unpaired) electrons. The number of carbonyl (C=O) groups is 1. The fourth-order valence-corrected chi connectivity index (χ4v) is 2.37. The van der Waals surface area contributed by atoms with Crippen LogP contribution in [0.25, 0.3) is 0 Å². The van der Waals surface area contributed by atoms with Gasteiger partial charge in [0.05, 0.1) is 36.9 Å². The van der Waals surface area contributed by atoms with Gasteiger partial charge in [0.2, 0.25) is 5.91 Å². The van der Waals surface area contributed by atoms with Gasteiger partial charge in [0.25, 0.3) is 0 Å². The number of benzene rings is 1. The van der Waals surface area contributed by atoms with Crippen molar-refractivity contribution in [3.63, 3.8) is 0 Å². The first kappa shape index (κ1) is 15.5. The highest BCUT2D eigenvalue weighted by molar-refractivity contribution is 7.99. The lowest BCUT2D eigenvalue weighted by atomic mass is 10.2. The van der Waals surface area contributed by atoms with Crippen molar-refractivity contribution in [2.45, 2.75) is 5.03 Å². The predicted octanol–water partition coefficient (Wildman–Crippen LogP) is 2.21. The highest BCUT2D eigenvalue weighted by Crippen LogP contribution is 2.35. The van der Waals surface area contributed by atoms with Crippen LogP contribution in [0.1, 0.15) is 0 Å². The second kappa shape index (κ2) is 7.19. The van der Waals surface area contributed by atoms with Crippen molar-refractivity contribution >= 4 is 35.0 Å². The van der Waals surface area contributed by atoms with Gasteiger partial charge in [0.1, 0.15) is 16.5 Å². The van der Waals surface area contributed by atoms with Crippen molar-refractivity contribution in [3.05, 3.63) is 23.4 Å². The van der Waals surface area contributed by atoms with E-state index in [4.69, 9.17) is 21.1 Å². The van der Waals surface area contributed by atoms with Crippen LogP contribution in [0.4, 0.5) is 5.69 Å². The number of hydrogen-bond acceptors (Lipinski definition) is 6. The maximum Gasteiger partial charge on any atom is 0.234 e. The lowest BCUT2D eigenvalue weighted by molar-refractivity contribution is -0.113. The number of aromatic nitrogens is 3. The summed E-state index contributed by atoms with van der Waals surface area (Å²) in [5.41, 5.74) is 0.481. The lowest BCUT2D eigenvalue weighted by Gasteiger charge is -2.12. The van der Waals surface area contributed by atoms with Gasteiger partial charge < -0.3 is 14.8 Å². The molecule has 0 aliphatic heterocycles. The summed E-state index contributed by atoms with van der Waals surface area (Å²) in [5, 5.41) is 13.8. The largest absolute Gasteiger partial charge is 0.495 e. The number of amides is 1. The number of H-pyrrole nitrogens is 1. The maximum atomic E-state index is 11.9. The number of aromatic amines is 1. The van der Waals surface area contributed by atoms with Crippen LogP contribution in [-0.4, -0.2) is 41.3 Å². The van der Waals surface area contributed by atoms with Gasteiger partial charge in [-0.2, -0.15) is 10.3 Å². The van der Waals surface area contributed by atoms with Gasteiger partial charge in [-0.15, -0.1) is 5.10 Å². The fraction of sp³-hybridized carbons (Fsp3) is 0.250. The summed E-state index contributed by atoms with van der Waals surface area (Å²) >= 11 is 7.31. The Hall–Kier alpha value is -1.93. The molecule has 0 atom stereocenters. The Morgan fingerprint density at radius 3 is 2.76 bits per heavy atom. The molecular weight excluding hydrogens is 316 g/mol. The number of halogens is 1. The molecule has 0 aliphatic carbocycles. The van der Waals surface area contributed by atoms with Gasteiger partial charge in [0.15, 0.2) is 0 Å². The van der Waals surface area contributed by atoms with E-state index < -0.39 is 0 Å². The molecule has 1 aromatic heterocycles. The number of thioether (sulfide) groups is 1. The highest BCUT2D eigenvalue weighted by Gasteiger charge is 2.13. The van der Waals surface area contributed by atoms with Gasteiger partial charge in [-0.1, -0.05) is 23.4 Å². The standard InChI is InChI=1S/C12H13ClN4O3S/c1-19-9-4-10(20-2)8(3-7(9)13)15-11(18)6-21-12-5-14-17-16-12/h3-5H,6H2,1-2H3,(H,15,18)(H,14,16,17). The summed E-state index contributed by atoms with van der Waals surface area (Å²) in [4.78, 5) is 11.9. The average Bonchev–Trinajstić information content (AvgIpc) is 2.99. The summed E-state index contributed by atoms with van der Waals surface area (Å²) in [6, 6.07) is 3.20. The average molecular weight is 329 g/mol. The molecule has 0 unspecified atom stereocenters. The number of nitrogens with zero attached hydrogens (tertiary/aromatic N) is 2. The van der Waals surface area contributed by atoms with E-state index in [0.29, 0.717) is 27.2 Å². The lowest BCUT2D eigenvalue weighted by Crippen LogP contribution is -2.14. The van der Waals surface area contributed by atoms with E-state index >= 15 is 0 Å². The molecule has 1 amide bonds. The Labute approximate surface area is 130 Å². The van der Waals surface area contributed by atoms with E-state index in [1.165, 1.54) is 26.0 Å². The van der Waals surface area contributed by atoms with Crippen molar-refractivity contribution in [2.24, 2.45) is 0 Å². The van der Waals surface area contributed by atoms with Crippen LogP contribution in [0.2, 0.25) is 5.02 Å². The monoisotopic (exact) mass is 328 g/mol. The van der Waals surface area contributed by atoms with E-state index in [1.807, 2.05) is 0 Å². The summed E-state index contributed by atoms with van der Waals surface area (Å²) < 4.78 is 10.3. The van der Waals surface area contributed by atoms with Crippen LogP contribution in [0, 0.1) is 0 Å². The minimum Gasteiger partial charge on any atom is -0.495 e.